The van der Waals surface area contributed by atoms with Crippen molar-refractivity contribution in [2.24, 2.45) is 0 Å². The van der Waals surface area contributed by atoms with Gasteiger partial charge in [-0.05, 0) is 42.0 Å². The number of hydrogen-bond donors (Lipinski definition) is 0. The molecule has 5 heteroatoms. The molecule has 0 bridgehead atoms. The predicted molar refractivity (Wildman–Crippen MR) is 86.4 cm³/mol. The van der Waals surface area contributed by atoms with Gasteiger partial charge in [0.15, 0.2) is 0 Å². The van der Waals surface area contributed by atoms with Crippen LogP contribution in [0.4, 0.5) is 0 Å². The molecule has 0 radical (unpaired) electrons. The molecule has 0 heterocycles. The van der Waals surface area contributed by atoms with Crippen molar-refractivity contribution in [2.45, 2.75) is 6.54 Å². The number of hydrogen-bond acceptors (Lipinski definition) is 1. The smallest absolute Gasteiger partial charge is 0.253 e. The van der Waals surface area contributed by atoms with Gasteiger partial charge in [-0.2, -0.15) is 0 Å². The van der Waals surface area contributed by atoms with Crippen molar-refractivity contribution >= 4 is 45.0 Å². The zero-order chi connectivity index (χ0) is 14.7. The van der Waals surface area contributed by atoms with Gasteiger partial charge in [-0.15, -0.1) is 0 Å². The first-order valence-corrected chi connectivity index (χ1v) is 7.46. The van der Waals surface area contributed by atoms with Crippen LogP contribution in [-0.4, -0.2) is 17.9 Å². The van der Waals surface area contributed by atoms with Gasteiger partial charge < -0.3 is 4.90 Å². The van der Waals surface area contributed by atoms with E-state index in [1.54, 1.807) is 42.3 Å². The molecule has 0 fully saturated rings. The molecule has 2 rings (SSSR count). The molecule has 2 nitrogen and oxygen atoms in total. The molecule has 0 aliphatic carbocycles. The molecule has 0 aromatic heterocycles. The third kappa shape index (κ3) is 3.98. The summed E-state index contributed by atoms with van der Waals surface area (Å²) in [5.41, 5.74) is 1.53. The number of nitrogens with zero attached hydrogens (tertiary/aromatic N) is 1. The Bertz CT molecular complexity index is 625. The molecule has 0 aliphatic heterocycles. The zero-order valence-electron chi connectivity index (χ0n) is 10.7. The SMILES string of the molecule is CN(Cc1cc(Cl)cc(Cl)c1)C(=O)c1cccc(Br)c1. The van der Waals surface area contributed by atoms with Crippen molar-refractivity contribution in [1.29, 1.82) is 0 Å². The monoisotopic (exact) mass is 371 g/mol. The number of rotatable bonds is 3. The van der Waals surface area contributed by atoms with Gasteiger partial charge in [0.25, 0.3) is 5.91 Å². The van der Waals surface area contributed by atoms with E-state index >= 15 is 0 Å². The summed E-state index contributed by atoms with van der Waals surface area (Å²) in [7, 11) is 1.75. The average Bonchev–Trinajstić information content (AvgIpc) is 2.36. The Labute approximate surface area is 136 Å². The quantitative estimate of drug-likeness (QED) is 0.739. The van der Waals surface area contributed by atoms with E-state index in [1.807, 2.05) is 12.1 Å². The molecular weight excluding hydrogens is 361 g/mol. The molecule has 0 saturated heterocycles. The van der Waals surface area contributed by atoms with Crippen molar-refractivity contribution in [3.8, 4) is 0 Å². The molecule has 2 aromatic carbocycles. The fraction of sp³-hybridized carbons (Fsp3) is 0.133. The van der Waals surface area contributed by atoms with E-state index < -0.39 is 0 Å². The maximum Gasteiger partial charge on any atom is 0.253 e. The minimum absolute atomic E-state index is 0.0533. The van der Waals surface area contributed by atoms with Gasteiger partial charge in [-0.1, -0.05) is 45.2 Å². The molecule has 0 N–H and O–H groups in total. The molecule has 2 aromatic rings. The lowest BCUT2D eigenvalue weighted by atomic mass is 10.1. The molecular formula is C15H12BrCl2NO. The lowest BCUT2D eigenvalue weighted by Crippen LogP contribution is -2.26. The molecule has 104 valence electrons. The van der Waals surface area contributed by atoms with E-state index in [-0.39, 0.29) is 5.91 Å². The second-order valence-corrected chi connectivity index (χ2v) is 6.24. The molecule has 0 atom stereocenters. The highest BCUT2D eigenvalue weighted by molar-refractivity contribution is 9.10. The van der Waals surface area contributed by atoms with Gasteiger partial charge >= 0.3 is 0 Å². The van der Waals surface area contributed by atoms with E-state index in [0.717, 1.165) is 10.0 Å². The normalized spacial score (nSPS) is 10.4. The largest absolute Gasteiger partial charge is 0.337 e. The van der Waals surface area contributed by atoms with E-state index in [1.165, 1.54) is 0 Å². The Hall–Kier alpha value is -1.03. The highest BCUT2D eigenvalue weighted by Gasteiger charge is 2.12. The summed E-state index contributed by atoms with van der Waals surface area (Å²) >= 11 is 15.3. The Balaban J connectivity index is 2.15. The molecule has 0 unspecified atom stereocenters. The second kappa shape index (κ2) is 6.61. The number of benzene rings is 2. The number of carbonyl (C=O) groups excluding carboxylic acids is 1. The van der Waals surface area contributed by atoms with Crippen molar-refractivity contribution in [3.05, 3.63) is 68.1 Å². The van der Waals surface area contributed by atoms with Crippen LogP contribution in [0.25, 0.3) is 0 Å². The lowest BCUT2D eigenvalue weighted by Gasteiger charge is -2.18. The maximum absolute atomic E-state index is 12.3. The van der Waals surface area contributed by atoms with E-state index in [9.17, 15) is 4.79 Å². The Morgan fingerprint density at radius 3 is 2.40 bits per heavy atom. The predicted octanol–water partition coefficient (Wildman–Crippen LogP) is 5.03. The van der Waals surface area contributed by atoms with Crippen LogP contribution in [0, 0.1) is 0 Å². The van der Waals surface area contributed by atoms with Gasteiger partial charge in [0.2, 0.25) is 0 Å². The summed E-state index contributed by atoms with van der Waals surface area (Å²) in [6, 6.07) is 12.6. The summed E-state index contributed by atoms with van der Waals surface area (Å²) in [5.74, 6) is -0.0533. The van der Waals surface area contributed by atoms with Crippen molar-refractivity contribution in [3.63, 3.8) is 0 Å². The molecule has 0 saturated carbocycles. The minimum atomic E-state index is -0.0533. The van der Waals surface area contributed by atoms with Gasteiger partial charge in [-0.25, -0.2) is 0 Å². The summed E-state index contributed by atoms with van der Waals surface area (Å²) in [6.45, 7) is 0.450. The number of halogens is 3. The van der Waals surface area contributed by atoms with E-state index in [0.29, 0.717) is 22.2 Å². The Morgan fingerprint density at radius 2 is 1.80 bits per heavy atom. The van der Waals surface area contributed by atoms with Crippen molar-refractivity contribution in [2.75, 3.05) is 7.05 Å². The van der Waals surface area contributed by atoms with Crippen LogP contribution in [0.5, 0.6) is 0 Å². The van der Waals surface area contributed by atoms with Gasteiger partial charge in [-0.3, -0.25) is 4.79 Å². The van der Waals surface area contributed by atoms with Crippen molar-refractivity contribution in [1.82, 2.24) is 4.90 Å². The summed E-state index contributed by atoms with van der Waals surface area (Å²) < 4.78 is 0.877. The first-order valence-electron chi connectivity index (χ1n) is 5.92. The minimum Gasteiger partial charge on any atom is -0.337 e. The fourth-order valence-electron chi connectivity index (χ4n) is 1.89. The Kier molecular flexibility index (Phi) is 5.08. The fourth-order valence-corrected chi connectivity index (χ4v) is 2.86. The van der Waals surface area contributed by atoms with Crippen LogP contribution in [0.1, 0.15) is 15.9 Å². The summed E-state index contributed by atoms with van der Waals surface area (Å²) in [4.78, 5) is 13.9. The third-order valence-electron chi connectivity index (χ3n) is 2.76. The molecule has 0 spiro atoms. The van der Waals surface area contributed by atoms with Crippen LogP contribution in [0.3, 0.4) is 0 Å². The van der Waals surface area contributed by atoms with Crippen molar-refractivity contribution < 1.29 is 4.79 Å². The third-order valence-corrected chi connectivity index (χ3v) is 3.69. The topological polar surface area (TPSA) is 20.3 Å². The summed E-state index contributed by atoms with van der Waals surface area (Å²) in [5, 5.41) is 1.13. The first-order chi connectivity index (χ1) is 9.45. The standard InChI is InChI=1S/C15H12BrCl2NO/c1-19(9-10-5-13(17)8-14(18)6-10)15(20)11-3-2-4-12(16)7-11/h2-8H,9H2,1H3. The highest BCUT2D eigenvalue weighted by Crippen LogP contribution is 2.20. The number of carbonyl (C=O) groups is 1. The molecule has 20 heavy (non-hydrogen) atoms. The molecule has 0 aliphatic rings. The average molecular weight is 373 g/mol. The lowest BCUT2D eigenvalue weighted by molar-refractivity contribution is 0.0785. The second-order valence-electron chi connectivity index (χ2n) is 4.45. The Morgan fingerprint density at radius 1 is 1.15 bits per heavy atom. The van der Waals surface area contributed by atoms with Crippen LogP contribution in [0.15, 0.2) is 46.9 Å². The van der Waals surface area contributed by atoms with Crippen LogP contribution in [0.2, 0.25) is 10.0 Å². The van der Waals surface area contributed by atoms with E-state index in [4.69, 9.17) is 23.2 Å². The zero-order valence-corrected chi connectivity index (χ0v) is 13.8. The molecule has 1 amide bonds. The number of amides is 1. The summed E-state index contributed by atoms with van der Waals surface area (Å²) in [6.07, 6.45) is 0. The van der Waals surface area contributed by atoms with Gasteiger partial charge in [0.05, 0.1) is 0 Å². The first kappa shape index (κ1) is 15.4. The maximum atomic E-state index is 12.3. The van der Waals surface area contributed by atoms with Gasteiger partial charge in [0.1, 0.15) is 0 Å². The van der Waals surface area contributed by atoms with Crippen LogP contribution in [-0.2, 0) is 6.54 Å². The highest BCUT2D eigenvalue weighted by atomic mass is 79.9. The van der Waals surface area contributed by atoms with Crippen LogP contribution < -0.4 is 0 Å². The van der Waals surface area contributed by atoms with Crippen LogP contribution >= 0.6 is 39.1 Å². The van der Waals surface area contributed by atoms with E-state index in [2.05, 4.69) is 15.9 Å². The van der Waals surface area contributed by atoms with Gasteiger partial charge in [0, 0.05) is 33.7 Å².